The van der Waals surface area contributed by atoms with Gasteiger partial charge in [0.25, 0.3) is 0 Å². The second kappa shape index (κ2) is 7.79. The molecular formula is C26H31N3O2. The first-order chi connectivity index (χ1) is 15.1. The minimum atomic E-state index is -0.0259. The molecule has 0 saturated heterocycles. The molecule has 5 heteroatoms. The van der Waals surface area contributed by atoms with Gasteiger partial charge in [-0.25, -0.2) is 9.97 Å². The van der Waals surface area contributed by atoms with Crippen molar-refractivity contribution in [1.82, 2.24) is 14.9 Å². The van der Waals surface area contributed by atoms with Gasteiger partial charge in [0, 0.05) is 17.4 Å². The van der Waals surface area contributed by atoms with Crippen molar-refractivity contribution >= 4 is 11.0 Å². The predicted octanol–water partition coefficient (Wildman–Crippen LogP) is 4.20. The molecule has 1 heterocycles. The molecule has 1 unspecified atom stereocenters. The van der Waals surface area contributed by atoms with Crippen LogP contribution in [0.15, 0.2) is 36.4 Å². The summed E-state index contributed by atoms with van der Waals surface area (Å²) in [4.78, 5) is 12.4. The normalized spacial score (nSPS) is 22.0. The van der Waals surface area contributed by atoms with Crippen LogP contribution in [-0.2, 0) is 24.7 Å². The molecule has 31 heavy (non-hydrogen) atoms. The maximum Gasteiger partial charge on any atom is 0.164 e. The molecule has 3 aromatic rings. The number of methoxy groups -OCH3 is 2. The highest BCUT2D eigenvalue weighted by atomic mass is 16.5. The Labute approximate surface area is 184 Å². The van der Waals surface area contributed by atoms with Crippen LogP contribution in [0.5, 0.6) is 11.5 Å². The molecule has 5 rings (SSSR count). The summed E-state index contributed by atoms with van der Waals surface area (Å²) in [5, 5.41) is 0. The lowest BCUT2D eigenvalue weighted by Gasteiger charge is -2.49. The predicted molar refractivity (Wildman–Crippen MR) is 123 cm³/mol. The molecule has 0 bridgehead atoms. The van der Waals surface area contributed by atoms with Gasteiger partial charge in [0.1, 0.15) is 0 Å². The van der Waals surface area contributed by atoms with Crippen molar-refractivity contribution in [3.8, 4) is 11.5 Å². The average Bonchev–Trinajstić information content (AvgIpc) is 2.79. The Bertz CT molecular complexity index is 1130. The number of benzene rings is 2. The fraction of sp³-hybridized carbons (Fsp3) is 0.462. The maximum absolute atomic E-state index is 6.00. The average molecular weight is 418 g/mol. The largest absolute Gasteiger partial charge is 0.493 e. The molecule has 0 fully saturated rings. The highest BCUT2D eigenvalue weighted by molar-refractivity contribution is 5.74. The topological polar surface area (TPSA) is 47.5 Å². The van der Waals surface area contributed by atoms with Crippen LogP contribution >= 0.6 is 0 Å². The zero-order valence-electron chi connectivity index (χ0n) is 18.9. The van der Waals surface area contributed by atoms with E-state index < -0.39 is 0 Å². The molecule has 2 atom stereocenters. The second-order valence-electron chi connectivity index (χ2n) is 9.27. The quantitative estimate of drug-likeness (QED) is 0.623. The highest BCUT2D eigenvalue weighted by Crippen LogP contribution is 2.55. The molecule has 1 aromatic heterocycles. The van der Waals surface area contributed by atoms with E-state index in [1.165, 1.54) is 23.2 Å². The summed E-state index contributed by atoms with van der Waals surface area (Å²) in [5.41, 5.74) is 7.01. The van der Waals surface area contributed by atoms with Gasteiger partial charge in [-0.2, -0.15) is 0 Å². The molecule has 0 aliphatic heterocycles. The summed E-state index contributed by atoms with van der Waals surface area (Å²) >= 11 is 0. The molecule has 2 aliphatic carbocycles. The SMILES string of the molecule is COc1ccc2c(c1OC)[C@]1(CCN(C)C)Cc3nc4ccccc4nc3CC1CC2. The summed E-state index contributed by atoms with van der Waals surface area (Å²) in [5.74, 6) is 2.24. The van der Waals surface area contributed by atoms with Crippen molar-refractivity contribution < 1.29 is 9.47 Å². The van der Waals surface area contributed by atoms with Crippen LogP contribution in [0.1, 0.15) is 35.4 Å². The van der Waals surface area contributed by atoms with Gasteiger partial charge in [-0.3, -0.25) is 0 Å². The van der Waals surface area contributed by atoms with Gasteiger partial charge in [0.05, 0.1) is 36.6 Å². The minimum Gasteiger partial charge on any atom is -0.493 e. The molecule has 0 N–H and O–H groups in total. The van der Waals surface area contributed by atoms with Crippen molar-refractivity contribution in [2.45, 2.75) is 37.5 Å². The van der Waals surface area contributed by atoms with Crippen molar-refractivity contribution in [2.24, 2.45) is 5.92 Å². The van der Waals surface area contributed by atoms with Crippen LogP contribution in [0.25, 0.3) is 11.0 Å². The Hall–Kier alpha value is -2.66. The number of aromatic nitrogens is 2. The second-order valence-corrected chi connectivity index (χ2v) is 9.27. The summed E-state index contributed by atoms with van der Waals surface area (Å²) in [7, 11) is 7.81. The van der Waals surface area contributed by atoms with Gasteiger partial charge < -0.3 is 14.4 Å². The number of hydrogen-bond acceptors (Lipinski definition) is 5. The smallest absolute Gasteiger partial charge is 0.164 e. The van der Waals surface area contributed by atoms with Crippen molar-refractivity contribution in [1.29, 1.82) is 0 Å². The van der Waals surface area contributed by atoms with E-state index in [4.69, 9.17) is 19.4 Å². The Morgan fingerprint density at radius 3 is 2.42 bits per heavy atom. The number of para-hydroxylation sites is 2. The van der Waals surface area contributed by atoms with Crippen molar-refractivity contribution in [2.75, 3.05) is 34.9 Å². The molecular weight excluding hydrogens is 386 g/mol. The van der Waals surface area contributed by atoms with Gasteiger partial charge in [-0.1, -0.05) is 18.2 Å². The van der Waals surface area contributed by atoms with E-state index in [0.717, 1.165) is 60.5 Å². The first kappa shape index (κ1) is 20.3. The minimum absolute atomic E-state index is 0.0259. The number of aryl methyl sites for hydroxylation is 1. The van der Waals surface area contributed by atoms with Crippen molar-refractivity contribution in [3.05, 3.63) is 58.9 Å². The Morgan fingerprint density at radius 1 is 1.00 bits per heavy atom. The number of ether oxygens (including phenoxy) is 2. The number of fused-ring (bicyclic) bond motifs is 5. The first-order valence-electron chi connectivity index (χ1n) is 11.2. The van der Waals surface area contributed by atoms with Crippen LogP contribution in [0.4, 0.5) is 0 Å². The Kier molecular flexibility index (Phi) is 5.09. The van der Waals surface area contributed by atoms with Crippen LogP contribution in [-0.4, -0.2) is 49.7 Å². The fourth-order valence-electron chi connectivity index (χ4n) is 5.81. The lowest BCUT2D eigenvalue weighted by molar-refractivity contribution is 0.169. The van der Waals surface area contributed by atoms with Crippen LogP contribution in [0, 0.1) is 5.92 Å². The van der Waals surface area contributed by atoms with Crippen LogP contribution < -0.4 is 9.47 Å². The van der Waals surface area contributed by atoms with E-state index in [0.29, 0.717) is 5.92 Å². The van der Waals surface area contributed by atoms with E-state index in [1.807, 2.05) is 12.1 Å². The zero-order chi connectivity index (χ0) is 21.6. The molecule has 2 aromatic carbocycles. The summed E-state index contributed by atoms with van der Waals surface area (Å²) < 4.78 is 11.7. The van der Waals surface area contributed by atoms with Gasteiger partial charge >= 0.3 is 0 Å². The van der Waals surface area contributed by atoms with Crippen molar-refractivity contribution in [3.63, 3.8) is 0 Å². The summed E-state index contributed by atoms with van der Waals surface area (Å²) in [6.45, 7) is 1.02. The number of hydrogen-bond donors (Lipinski definition) is 0. The Morgan fingerprint density at radius 2 is 1.74 bits per heavy atom. The maximum atomic E-state index is 6.00. The molecule has 0 radical (unpaired) electrons. The van der Waals surface area contributed by atoms with Gasteiger partial charge in [0.2, 0.25) is 0 Å². The highest BCUT2D eigenvalue weighted by Gasteiger charge is 2.50. The third-order valence-electron chi connectivity index (χ3n) is 7.33. The third kappa shape index (κ3) is 3.26. The molecule has 5 nitrogen and oxygen atoms in total. The molecule has 0 saturated carbocycles. The first-order valence-corrected chi connectivity index (χ1v) is 11.2. The van der Waals surface area contributed by atoms with Gasteiger partial charge in [-0.05, 0) is 76.0 Å². The monoisotopic (exact) mass is 417 g/mol. The molecule has 0 amide bonds. The van der Waals surface area contributed by atoms with Gasteiger partial charge in [-0.15, -0.1) is 0 Å². The number of rotatable bonds is 5. The van der Waals surface area contributed by atoms with Crippen LogP contribution in [0.3, 0.4) is 0 Å². The standard InChI is InChI=1S/C26H31N3O2/c1-29(2)14-13-26-16-22-21(27-19-7-5-6-8-20(19)28-22)15-18(26)11-9-17-10-12-23(30-3)25(31-4)24(17)26/h5-8,10,12,18H,9,11,13-16H2,1-4H3/t18?,26-/m1/s1. The third-order valence-corrected chi connectivity index (χ3v) is 7.33. The van der Waals surface area contributed by atoms with Gasteiger partial charge in [0.15, 0.2) is 11.5 Å². The summed E-state index contributed by atoms with van der Waals surface area (Å²) in [6, 6.07) is 12.5. The lowest BCUT2D eigenvalue weighted by Crippen LogP contribution is -2.48. The lowest BCUT2D eigenvalue weighted by atomic mass is 9.55. The zero-order valence-corrected chi connectivity index (χ0v) is 18.9. The van der Waals surface area contributed by atoms with E-state index in [1.54, 1.807) is 14.2 Å². The van der Waals surface area contributed by atoms with E-state index in [9.17, 15) is 0 Å². The van der Waals surface area contributed by atoms with E-state index in [2.05, 4.69) is 43.3 Å². The fourth-order valence-corrected chi connectivity index (χ4v) is 5.81. The molecule has 162 valence electrons. The Balaban J connectivity index is 1.71. The summed E-state index contributed by atoms with van der Waals surface area (Å²) in [6.07, 6.45) is 5.18. The van der Waals surface area contributed by atoms with E-state index in [-0.39, 0.29) is 5.41 Å². The molecule has 2 aliphatic rings. The number of nitrogens with zero attached hydrogens (tertiary/aromatic N) is 3. The molecule has 0 spiro atoms. The van der Waals surface area contributed by atoms with E-state index >= 15 is 0 Å². The van der Waals surface area contributed by atoms with Crippen LogP contribution in [0.2, 0.25) is 0 Å².